The summed E-state index contributed by atoms with van der Waals surface area (Å²) < 4.78 is 34.3. The number of esters is 1. The molecular weight excluding hydrogens is 897 g/mol. The lowest BCUT2D eigenvalue weighted by atomic mass is 9.98. The van der Waals surface area contributed by atoms with E-state index in [1.54, 1.807) is 0 Å². The quantitative estimate of drug-likeness (QED) is 0.0173. The van der Waals surface area contributed by atoms with Gasteiger partial charge in [-0.2, -0.15) is 0 Å². The number of aliphatic hydroxyl groups excluding tert-OH is 7. The summed E-state index contributed by atoms with van der Waals surface area (Å²) >= 11 is 0. The number of rotatable bonds is 42. The van der Waals surface area contributed by atoms with Crippen molar-refractivity contribution in [1.82, 2.24) is 0 Å². The van der Waals surface area contributed by atoms with E-state index in [9.17, 15) is 40.5 Å². The summed E-state index contributed by atoms with van der Waals surface area (Å²) in [4.78, 5) is 13.0. The lowest BCUT2D eigenvalue weighted by Gasteiger charge is -2.42. The Balaban J connectivity index is 1.75. The van der Waals surface area contributed by atoms with Crippen molar-refractivity contribution in [2.24, 2.45) is 0 Å². The Bertz CT molecular complexity index is 1430. The third-order valence-corrected chi connectivity index (χ3v) is 12.5. The van der Waals surface area contributed by atoms with Crippen LogP contribution in [0.1, 0.15) is 174 Å². The normalized spacial score (nSPS) is 26.1. The second-order valence-corrected chi connectivity index (χ2v) is 18.7. The van der Waals surface area contributed by atoms with Gasteiger partial charge >= 0.3 is 5.97 Å². The largest absolute Gasteiger partial charge is 0.457 e. The Kier molecular flexibility index (Phi) is 38.9. The highest BCUT2D eigenvalue weighted by atomic mass is 16.7. The second kappa shape index (κ2) is 42.9. The maximum Gasteiger partial charge on any atom is 0.306 e. The van der Waals surface area contributed by atoms with Crippen molar-refractivity contribution in [1.29, 1.82) is 0 Å². The van der Waals surface area contributed by atoms with Crippen LogP contribution in [0.25, 0.3) is 0 Å². The molecule has 0 saturated carbocycles. The minimum atomic E-state index is -1.71. The molecule has 2 rings (SSSR count). The summed E-state index contributed by atoms with van der Waals surface area (Å²) in [7, 11) is 0. The molecule has 70 heavy (non-hydrogen) atoms. The van der Waals surface area contributed by atoms with E-state index in [1.165, 1.54) is 64.2 Å². The van der Waals surface area contributed by atoms with Gasteiger partial charge in [-0.3, -0.25) is 4.79 Å². The zero-order valence-corrected chi connectivity index (χ0v) is 43.0. The Morgan fingerprint density at radius 2 is 0.929 bits per heavy atom. The van der Waals surface area contributed by atoms with E-state index in [0.29, 0.717) is 13.0 Å². The van der Waals surface area contributed by atoms with Crippen LogP contribution >= 0.6 is 0 Å². The smallest absolute Gasteiger partial charge is 0.306 e. The SMILES string of the molecule is CC/C=C\C/C=C\C/C=C\C/C=C\C/C=C\C/C=C\CCCCCCC(=O)OC(COCCCCCCCCCCCCCCC)COC1OC(COC2OC(CO)C(O)C(O)C2O)C(O)C(O)C1O. The highest BCUT2D eigenvalue weighted by molar-refractivity contribution is 5.69. The zero-order valence-electron chi connectivity index (χ0n) is 43.0. The van der Waals surface area contributed by atoms with E-state index in [-0.39, 0.29) is 19.6 Å². The molecule has 2 saturated heterocycles. The summed E-state index contributed by atoms with van der Waals surface area (Å²) in [5.41, 5.74) is 0. The van der Waals surface area contributed by atoms with E-state index < -0.39 is 86.7 Å². The van der Waals surface area contributed by atoms with Gasteiger partial charge < -0.3 is 64.2 Å². The van der Waals surface area contributed by atoms with Crippen LogP contribution in [0.15, 0.2) is 72.9 Å². The molecule has 0 aromatic heterocycles. The van der Waals surface area contributed by atoms with Gasteiger partial charge in [0, 0.05) is 13.0 Å². The molecule has 11 unspecified atom stereocenters. The van der Waals surface area contributed by atoms with Gasteiger partial charge in [-0.1, -0.05) is 177 Å². The Hall–Kier alpha value is -2.57. The maximum atomic E-state index is 13.0. The minimum absolute atomic E-state index is 0.0492. The molecule has 2 fully saturated rings. The average Bonchev–Trinajstić information content (AvgIpc) is 3.36. The van der Waals surface area contributed by atoms with Gasteiger partial charge in [0.05, 0.1) is 26.4 Å². The molecule has 0 spiro atoms. The number of carbonyl (C=O) groups excluding carboxylic acids is 1. The van der Waals surface area contributed by atoms with Crippen LogP contribution in [-0.4, -0.2) is 142 Å². The molecule has 0 aromatic carbocycles. The van der Waals surface area contributed by atoms with Crippen LogP contribution in [0.5, 0.6) is 0 Å². The molecule has 0 amide bonds. The monoisotopic (exact) mass is 993 g/mol. The lowest BCUT2D eigenvalue weighted by molar-refractivity contribution is -0.332. The minimum Gasteiger partial charge on any atom is -0.457 e. The fourth-order valence-corrected chi connectivity index (χ4v) is 8.11. The number of hydrogen-bond donors (Lipinski definition) is 7. The first-order chi connectivity index (χ1) is 34.1. The maximum absolute atomic E-state index is 13.0. The number of aliphatic hydroxyl groups is 7. The van der Waals surface area contributed by atoms with Gasteiger partial charge in [0.15, 0.2) is 12.6 Å². The molecule has 2 aliphatic rings. The number of ether oxygens (including phenoxy) is 6. The van der Waals surface area contributed by atoms with Gasteiger partial charge in [0.1, 0.15) is 54.9 Å². The zero-order chi connectivity index (χ0) is 50.9. The van der Waals surface area contributed by atoms with Gasteiger partial charge in [0.25, 0.3) is 0 Å². The summed E-state index contributed by atoms with van der Waals surface area (Å²) in [5, 5.41) is 72.2. The van der Waals surface area contributed by atoms with Crippen LogP contribution in [0, 0.1) is 0 Å². The highest BCUT2D eigenvalue weighted by Crippen LogP contribution is 2.26. The molecule has 0 aromatic rings. The van der Waals surface area contributed by atoms with E-state index >= 15 is 0 Å². The molecular formula is C56H96O14. The fraction of sp³-hybridized carbons (Fsp3) is 0.768. The van der Waals surface area contributed by atoms with Gasteiger partial charge in [-0.05, 0) is 64.2 Å². The standard InChI is InChI=1S/C56H96O14/c1-3-5-7-9-11-13-15-17-18-19-20-21-22-23-24-25-26-27-29-31-33-35-37-39-48(58)68-45(42-65-40-38-36-34-32-30-28-16-14-12-10-8-6-4-2)43-66-55-54(64)52(62)50(60)47(70-55)44-67-56-53(63)51(61)49(59)46(41-57)69-56/h5,7,11,13,17-18,20-21,23-24,26-27,45-47,49-57,59-64H,3-4,6,8-10,12,14-16,19,22,25,28-44H2,1-2H3/b7-5-,13-11-,18-17-,21-20-,24-23-,27-26-. The van der Waals surface area contributed by atoms with Crippen molar-refractivity contribution in [2.75, 3.05) is 33.0 Å². The first-order valence-corrected chi connectivity index (χ1v) is 27.0. The van der Waals surface area contributed by atoms with Crippen LogP contribution in [0.3, 0.4) is 0 Å². The predicted octanol–water partition coefficient (Wildman–Crippen LogP) is 8.68. The average molecular weight is 993 g/mol. The first-order valence-electron chi connectivity index (χ1n) is 27.0. The van der Waals surface area contributed by atoms with Crippen LogP contribution < -0.4 is 0 Å². The molecule has 2 heterocycles. The first kappa shape index (κ1) is 63.5. The summed E-state index contributed by atoms with van der Waals surface area (Å²) in [6.07, 6.45) is 36.7. The fourth-order valence-electron chi connectivity index (χ4n) is 8.11. The van der Waals surface area contributed by atoms with Crippen molar-refractivity contribution in [2.45, 2.75) is 242 Å². The molecule has 7 N–H and O–H groups in total. The third kappa shape index (κ3) is 29.8. The van der Waals surface area contributed by atoms with Crippen molar-refractivity contribution < 1.29 is 69.0 Å². The molecule has 404 valence electrons. The number of allylic oxidation sites excluding steroid dienone is 12. The van der Waals surface area contributed by atoms with Gasteiger partial charge in [-0.25, -0.2) is 0 Å². The topological polar surface area (TPSA) is 214 Å². The van der Waals surface area contributed by atoms with Crippen LogP contribution in [0.2, 0.25) is 0 Å². The molecule has 0 aliphatic carbocycles. The van der Waals surface area contributed by atoms with Crippen LogP contribution in [0.4, 0.5) is 0 Å². The number of unbranched alkanes of at least 4 members (excludes halogenated alkanes) is 16. The molecule has 14 heteroatoms. The van der Waals surface area contributed by atoms with Gasteiger partial charge in [0.2, 0.25) is 0 Å². The molecule has 2 aliphatic heterocycles. The summed E-state index contributed by atoms with van der Waals surface area (Å²) in [6.45, 7) is 3.53. The lowest BCUT2D eigenvalue weighted by Crippen LogP contribution is -2.61. The molecule has 0 radical (unpaired) electrons. The van der Waals surface area contributed by atoms with Crippen molar-refractivity contribution >= 4 is 5.97 Å². The van der Waals surface area contributed by atoms with Crippen molar-refractivity contribution in [3.8, 4) is 0 Å². The highest BCUT2D eigenvalue weighted by Gasteiger charge is 2.47. The van der Waals surface area contributed by atoms with E-state index in [4.69, 9.17) is 28.4 Å². The van der Waals surface area contributed by atoms with Crippen LogP contribution in [-0.2, 0) is 33.2 Å². The summed E-state index contributed by atoms with van der Waals surface area (Å²) in [6, 6.07) is 0. The predicted molar refractivity (Wildman–Crippen MR) is 275 cm³/mol. The van der Waals surface area contributed by atoms with Crippen molar-refractivity contribution in [3.63, 3.8) is 0 Å². The van der Waals surface area contributed by atoms with E-state index in [1.807, 2.05) is 0 Å². The third-order valence-electron chi connectivity index (χ3n) is 12.5. The Labute approximate surface area is 421 Å². The summed E-state index contributed by atoms with van der Waals surface area (Å²) in [5.74, 6) is -0.401. The second-order valence-electron chi connectivity index (χ2n) is 18.7. The molecule has 0 bridgehead atoms. The molecule has 14 nitrogen and oxygen atoms in total. The van der Waals surface area contributed by atoms with E-state index in [2.05, 4.69) is 86.8 Å². The number of carbonyl (C=O) groups is 1. The Morgan fingerprint density at radius 1 is 0.486 bits per heavy atom. The number of hydrogen-bond acceptors (Lipinski definition) is 14. The molecule has 11 atom stereocenters. The Morgan fingerprint density at radius 3 is 1.46 bits per heavy atom. The van der Waals surface area contributed by atoms with Gasteiger partial charge in [-0.15, -0.1) is 0 Å². The van der Waals surface area contributed by atoms with E-state index in [0.717, 1.165) is 83.5 Å². The van der Waals surface area contributed by atoms with Crippen molar-refractivity contribution in [3.05, 3.63) is 72.9 Å².